The Hall–Kier alpha value is -0.470. The first-order valence-corrected chi connectivity index (χ1v) is 8.00. The van der Waals surface area contributed by atoms with E-state index in [1.807, 2.05) is 11.7 Å². The average Bonchev–Trinajstić information content (AvgIpc) is 2.78. The smallest absolute Gasteiger partial charge is 0.138 e. The Morgan fingerprint density at radius 1 is 1.47 bits per heavy atom. The van der Waals surface area contributed by atoms with Crippen LogP contribution in [0.5, 0.6) is 0 Å². The van der Waals surface area contributed by atoms with Crippen molar-refractivity contribution in [2.75, 3.05) is 6.54 Å². The second-order valence-electron chi connectivity index (χ2n) is 4.28. The van der Waals surface area contributed by atoms with Crippen molar-refractivity contribution >= 4 is 38.5 Å². The average molecular weight is 435 g/mol. The Kier molecular flexibility index (Phi) is 5.35. The maximum Gasteiger partial charge on any atom is 0.138 e. The molecule has 1 aromatic carbocycles. The molecule has 0 fully saturated rings. The lowest BCUT2D eigenvalue weighted by Gasteiger charge is -2.19. The van der Waals surface area contributed by atoms with E-state index < -0.39 is 0 Å². The summed E-state index contributed by atoms with van der Waals surface area (Å²) in [6, 6.07) is 6.61. The molecule has 0 aliphatic rings. The van der Waals surface area contributed by atoms with E-state index >= 15 is 0 Å². The van der Waals surface area contributed by atoms with Crippen molar-refractivity contribution in [1.82, 2.24) is 20.1 Å². The number of hydrogen-bond acceptors (Lipinski definition) is 3. The third-order valence-electron chi connectivity index (χ3n) is 2.98. The van der Waals surface area contributed by atoms with Gasteiger partial charge < -0.3 is 5.32 Å². The predicted molar refractivity (Wildman–Crippen MR) is 88.0 cm³/mol. The minimum absolute atomic E-state index is 0.248. The van der Waals surface area contributed by atoms with E-state index in [0.29, 0.717) is 0 Å². The molecular weight excluding hydrogens is 419 g/mol. The van der Waals surface area contributed by atoms with Gasteiger partial charge in [0.2, 0.25) is 0 Å². The molecule has 0 saturated carbocycles. The van der Waals surface area contributed by atoms with Crippen LogP contribution in [0.15, 0.2) is 29.0 Å². The van der Waals surface area contributed by atoms with Crippen LogP contribution in [0, 0.1) is 3.57 Å². The zero-order valence-electron chi connectivity index (χ0n) is 10.9. The molecule has 0 radical (unpaired) electrons. The second kappa shape index (κ2) is 6.81. The van der Waals surface area contributed by atoms with Crippen molar-refractivity contribution in [2.45, 2.75) is 19.4 Å². The molecule has 0 spiro atoms. The summed E-state index contributed by atoms with van der Waals surface area (Å²) in [5, 5.41) is 7.66. The van der Waals surface area contributed by atoms with Crippen LogP contribution in [0.1, 0.15) is 24.4 Å². The van der Waals surface area contributed by atoms with Gasteiger partial charge in [0.25, 0.3) is 0 Å². The number of aryl methyl sites for hydroxylation is 1. The van der Waals surface area contributed by atoms with E-state index in [1.165, 1.54) is 9.13 Å². The van der Waals surface area contributed by atoms with Gasteiger partial charge in [-0.1, -0.05) is 22.9 Å². The van der Waals surface area contributed by atoms with E-state index in [9.17, 15) is 0 Å². The quantitative estimate of drug-likeness (QED) is 0.735. The highest BCUT2D eigenvalue weighted by Gasteiger charge is 2.17. The van der Waals surface area contributed by atoms with E-state index in [2.05, 4.69) is 79.0 Å². The Morgan fingerprint density at radius 3 is 2.89 bits per heavy atom. The number of hydrogen-bond donors (Lipinski definition) is 1. The van der Waals surface area contributed by atoms with Gasteiger partial charge in [0.05, 0.1) is 0 Å². The number of halogens is 2. The molecule has 4 nitrogen and oxygen atoms in total. The van der Waals surface area contributed by atoms with Gasteiger partial charge in [0, 0.05) is 27.6 Å². The zero-order valence-corrected chi connectivity index (χ0v) is 14.6. The van der Waals surface area contributed by atoms with Crippen LogP contribution in [-0.4, -0.2) is 21.3 Å². The third-order valence-corrected chi connectivity index (χ3v) is 4.45. The van der Waals surface area contributed by atoms with Gasteiger partial charge >= 0.3 is 0 Å². The van der Waals surface area contributed by atoms with Crippen molar-refractivity contribution < 1.29 is 0 Å². The lowest BCUT2D eigenvalue weighted by Crippen LogP contribution is -2.25. The van der Waals surface area contributed by atoms with Crippen molar-refractivity contribution in [2.24, 2.45) is 7.05 Å². The number of nitrogens with zero attached hydrogens (tertiary/aromatic N) is 3. The number of benzene rings is 1. The Bertz CT molecular complexity index is 555. The molecular formula is C13H16BrIN4. The lowest BCUT2D eigenvalue weighted by molar-refractivity contribution is 0.520. The van der Waals surface area contributed by atoms with Crippen LogP contribution in [0.2, 0.25) is 0 Å². The molecule has 102 valence electrons. The van der Waals surface area contributed by atoms with Crippen LogP contribution in [0.3, 0.4) is 0 Å². The largest absolute Gasteiger partial charge is 0.310 e. The van der Waals surface area contributed by atoms with Gasteiger partial charge in [-0.2, -0.15) is 5.10 Å². The molecule has 0 saturated heterocycles. The zero-order chi connectivity index (χ0) is 13.8. The van der Waals surface area contributed by atoms with Crippen molar-refractivity contribution in [3.05, 3.63) is 44.0 Å². The minimum Gasteiger partial charge on any atom is -0.310 e. The molecule has 19 heavy (non-hydrogen) atoms. The molecule has 0 aliphatic heterocycles. The summed E-state index contributed by atoms with van der Waals surface area (Å²) in [5.41, 5.74) is 1.29. The highest BCUT2D eigenvalue weighted by atomic mass is 127. The van der Waals surface area contributed by atoms with Crippen LogP contribution in [0.4, 0.5) is 0 Å². The number of nitrogens with one attached hydrogen (secondary N) is 1. The number of rotatable bonds is 5. The van der Waals surface area contributed by atoms with Crippen LogP contribution in [0.25, 0.3) is 0 Å². The first-order valence-electron chi connectivity index (χ1n) is 6.13. The topological polar surface area (TPSA) is 42.7 Å². The minimum atomic E-state index is 0.248. The van der Waals surface area contributed by atoms with Gasteiger partial charge in [-0.25, -0.2) is 4.98 Å². The van der Waals surface area contributed by atoms with Gasteiger partial charge in [-0.05, 0) is 52.9 Å². The highest BCUT2D eigenvalue weighted by Crippen LogP contribution is 2.26. The third kappa shape index (κ3) is 3.76. The summed E-state index contributed by atoms with van der Waals surface area (Å²) in [7, 11) is 1.93. The summed E-state index contributed by atoms with van der Waals surface area (Å²) in [6.07, 6.45) is 2.43. The van der Waals surface area contributed by atoms with Crippen molar-refractivity contribution in [1.29, 1.82) is 0 Å². The standard InChI is InChI=1S/C13H16BrIN4/c1-3-16-12(7-13-17-8-18-19(13)2)10-6-9(14)4-5-11(10)15/h4-6,8,12,16H,3,7H2,1-2H3. The van der Waals surface area contributed by atoms with E-state index in [1.54, 1.807) is 6.33 Å². The predicted octanol–water partition coefficient (Wildman–Crippen LogP) is 3.08. The van der Waals surface area contributed by atoms with E-state index in [4.69, 9.17) is 0 Å². The molecule has 1 atom stereocenters. The van der Waals surface area contributed by atoms with E-state index in [0.717, 1.165) is 23.3 Å². The molecule has 0 aliphatic carbocycles. The first kappa shape index (κ1) is 14.9. The molecule has 2 rings (SSSR count). The molecule has 6 heteroatoms. The fourth-order valence-electron chi connectivity index (χ4n) is 2.01. The summed E-state index contributed by atoms with van der Waals surface area (Å²) in [4.78, 5) is 4.31. The molecule has 1 N–H and O–H groups in total. The highest BCUT2D eigenvalue weighted by molar-refractivity contribution is 14.1. The maximum absolute atomic E-state index is 4.31. The SMILES string of the molecule is CCNC(Cc1ncnn1C)c1cc(Br)ccc1I. The molecule has 0 amide bonds. The van der Waals surface area contributed by atoms with Gasteiger partial charge in [0.1, 0.15) is 12.2 Å². The lowest BCUT2D eigenvalue weighted by atomic mass is 10.0. The van der Waals surface area contributed by atoms with Crippen LogP contribution >= 0.6 is 38.5 Å². The summed E-state index contributed by atoms with van der Waals surface area (Å²) < 4.78 is 4.19. The molecule has 1 aromatic heterocycles. The van der Waals surface area contributed by atoms with Gasteiger partial charge in [-0.15, -0.1) is 0 Å². The normalized spacial score (nSPS) is 12.6. The van der Waals surface area contributed by atoms with Crippen molar-refractivity contribution in [3.8, 4) is 0 Å². The number of aromatic nitrogens is 3. The molecule has 2 aromatic rings. The van der Waals surface area contributed by atoms with Crippen LogP contribution < -0.4 is 5.32 Å². The number of likely N-dealkylation sites (N-methyl/N-ethyl adjacent to an activating group) is 1. The fourth-order valence-corrected chi connectivity index (χ4v) is 3.10. The van der Waals surface area contributed by atoms with Crippen molar-refractivity contribution in [3.63, 3.8) is 0 Å². The van der Waals surface area contributed by atoms with E-state index in [-0.39, 0.29) is 6.04 Å². The molecule has 1 unspecified atom stereocenters. The summed E-state index contributed by atoms with van der Waals surface area (Å²) >= 11 is 5.92. The second-order valence-corrected chi connectivity index (χ2v) is 6.36. The molecule has 1 heterocycles. The fraction of sp³-hybridized carbons (Fsp3) is 0.385. The monoisotopic (exact) mass is 434 g/mol. The Balaban J connectivity index is 2.29. The van der Waals surface area contributed by atoms with Crippen LogP contribution in [-0.2, 0) is 13.5 Å². The summed E-state index contributed by atoms with van der Waals surface area (Å²) in [6.45, 7) is 3.04. The summed E-state index contributed by atoms with van der Waals surface area (Å²) in [5.74, 6) is 0.988. The van der Waals surface area contributed by atoms with Gasteiger partial charge in [0.15, 0.2) is 0 Å². The Morgan fingerprint density at radius 2 is 2.26 bits per heavy atom. The first-order chi connectivity index (χ1) is 9.11. The Labute approximate surface area is 135 Å². The van der Waals surface area contributed by atoms with Gasteiger partial charge in [-0.3, -0.25) is 4.68 Å². The molecule has 0 bridgehead atoms. The maximum atomic E-state index is 4.31.